The van der Waals surface area contributed by atoms with Gasteiger partial charge in [0.1, 0.15) is 0 Å². The van der Waals surface area contributed by atoms with Crippen molar-refractivity contribution in [1.82, 2.24) is 4.90 Å². The standard InChI is InChI=1S/C16H23N3O3/c20-16(13-18-5-9-21-10-6-18)17-14-1-3-15(4-2-14)19-7-11-22-12-8-19/h1-4H,5-13H2,(H,17,20). The molecule has 2 heterocycles. The van der Waals surface area contributed by atoms with E-state index in [0.717, 1.165) is 45.1 Å². The van der Waals surface area contributed by atoms with E-state index in [4.69, 9.17) is 9.47 Å². The third kappa shape index (κ3) is 4.19. The van der Waals surface area contributed by atoms with Gasteiger partial charge in [0.05, 0.1) is 33.0 Å². The maximum absolute atomic E-state index is 12.0. The number of carbonyl (C=O) groups is 1. The van der Waals surface area contributed by atoms with Gasteiger partial charge in [-0.25, -0.2) is 0 Å². The summed E-state index contributed by atoms with van der Waals surface area (Å²) in [5, 5.41) is 2.95. The Hall–Kier alpha value is -1.63. The molecule has 1 amide bonds. The average molecular weight is 305 g/mol. The molecule has 0 radical (unpaired) electrons. The highest BCUT2D eigenvalue weighted by molar-refractivity contribution is 5.92. The molecule has 2 fully saturated rings. The van der Waals surface area contributed by atoms with Gasteiger partial charge in [-0.1, -0.05) is 0 Å². The highest BCUT2D eigenvalue weighted by Crippen LogP contribution is 2.19. The predicted octanol–water partition coefficient (Wildman–Crippen LogP) is 0.794. The monoisotopic (exact) mass is 305 g/mol. The minimum absolute atomic E-state index is 0.0287. The summed E-state index contributed by atoms with van der Waals surface area (Å²) in [5.74, 6) is 0.0287. The molecular formula is C16H23N3O3. The van der Waals surface area contributed by atoms with Gasteiger partial charge in [-0.2, -0.15) is 0 Å². The van der Waals surface area contributed by atoms with Gasteiger partial charge < -0.3 is 19.7 Å². The van der Waals surface area contributed by atoms with Crippen molar-refractivity contribution in [1.29, 1.82) is 0 Å². The second kappa shape index (κ2) is 7.58. The van der Waals surface area contributed by atoms with Crippen LogP contribution in [0.5, 0.6) is 0 Å². The Bertz CT molecular complexity index is 480. The van der Waals surface area contributed by atoms with Crippen LogP contribution in [0.1, 0.15) is 0 Å². The maximum Gasteiger partial charge on any atom is 0.238 e. The molecule has 2 saturated heterocycles. The van der Waals surface area contributed by atoms with Crippen LogP contribution in [-0.4, -0.2) is 70.0 Å². The van der Waals surface area contributed by atoms with Gasteiger partial charge in [-0.05, 0) is 24.3 Å². The van der Waals surface area contributed by atoms with Gasteiger partial charge >= 0.3 is 0 Å². The molecular weight excluding hydrogens is 282 g/mol. The molecule has 6 heteroatoms. The van der Waals surface area contributed by atoms with Crippen LogP contribution in [0.25, 0.3) is 0 Å². The third-order valence-corrected chi connectivity index (χ3v) is 4.00. The topological polar surface area (TPSA) is 54.0 Å². The molecule has 2 aliphatic heterocycles. The Morgan fingerprint density at radius 3 is 2.18 bits per heavy atom. The van der Waals surface area contributed by atoms with Crippen LogP contribution in [0.4, 0.5) is 11.4 Å². The highest BCUT2D eigenvalue weighted by atomic mass is 16.5. The van der Waals surface area contributed by atoms with Crippen LogP contribution in [0.3, 0.4) is 0 Å². The Labute approximate surface area is 131 Å². The van der Waals surface area contributed by atoms with E-state index in [-0.39, 0.29) is 5.91 Å². The third-order valence-electron chi connectivity index (χ3n) is 4.00. The van der Waals surface area contributed by atoms with Gasteiger partial charge in [-0.15, -0.1) is 0 Å². The zero-order chi connectivity index (χ0) is 15.2. The minimum atomic E-state index is 0.0287. The first-order valence-electron chi connectivity index (χ1n) is 7.84. The van der Waals surface area contributed by atoms with Gasteiger partial charge in [-0.3, -0.25) is 9.69 Å². The van der Waals surface area contributed by atoms with Crippen molar-refractivity contribution in [2.24, 2.45) is 0 Å². The summed E-state index contributed by atoms with van der Waals surface area (Å²) in [4.78, 5) is 16.5. The molecule has 0 unspecified atom stereocenters. The fourth-order valence-corrected chi connectivity index (χ4v) is 2.74. The molecule has 1 N–H and O–H groups in total. The summed E-state index contributed by atoms with van der Waals surface area (Å²) in [6, 6.07) is 8.02. The molecule has 0 aromatic heterocycles. The lowest BCUT2D eigenvalue weighted by Crippen LogP contribution is -2.41. The first-order chi connectivity index (χ1) is 10.8. The van der Waals surface area contributed by atoms with Crippen molar-refractivity contribution >= 4 is 17.3 Å². The van der Waals surface area contributed by atoms with E-state index >= 15 is 0 Å². The minimum Gasteiger partial charge on any atom is -0.379 e. The number of anilines is 2. The fraction of sp³-hybridized carbons (Fsp3) is 0.562. The Morgan fingerprint density at radius 2 is 1.55 bits per heavy atom. The second-order valence-corrected chi connectivity index (χ2v) is 5.58. The van der Waals surface area contributed by atoms with Crippen LogP contribution in [0.15, 0.2) is 24.3 Å². The largest absolute Gasteiger partial charge is 0.379 e. The zero-order valence-corrected chi connectivity index (χ0v) is 12.8. The van der Waals surface area contributed by atoms with Gasteiger partial charge in [0.15, 0.2) is 0 Å². The highest BCUT2D eigenvalue weighted by Gasteiger charge is 2.14. The summed E-state index contributed by atoms with van der Waals surface area (Å²) in [6.45, 7) is 6.88. The molecule has 6 nitrogen and oxygen atoms in total. The van der Waals surface area contributed by atoms with Gasteiger partial charge in [0.2, 0.25) is 5.91 Å². The van der Waals surface area contributed by atoms with E-state index in [1.165, 1.54) is 5.69 Å². The Balaban J connectivity index is 1.50. The quantitative estimate of drug-likeness (QED) is 0.891. The molecule has 3 rings (SSSR count). The van der Waals surface area contributed by atoms with E-state index in [9.17, 15) is 4.79 Å². The second-order valence-electron chi connectivity index (χ2n) is 5.58. The molecule has 1 aromatic carbocycles. The maximum atomic E-state index is 12.0. The van der Waals surface area contributed by atoms with Gasteiger partial charge in [0, 0.05) is 37.6 Å². The van der Waals surface area contributed by atoms with E-state index in [1.807, 2.05) is 12.1 Å². The number of rotatable bonds is 4. The SMILES string of the molecule is O=C(CN1CCOCC1)Nc1ccc(N2CCOCC2)cc1. The number of amides is 1. The number of morpholine rings is 2. The van der Waals surface area contributed by atoms with Crippen LogP contribution in [-0.2, 0) is 14.3 Å². The molecule has 2 aliphatic rings. The van der Waals surface area contributed by atoms with E-state index < -0.39 is 0 Å². The molecule has 0 saturated carbocycles. The fourth-order valence-electron chi connectivity index (χ4n) is 2.74. The van der Waals surface area contributed by atoms with Crippen molar-refractivity contribution in [3.63, 3.8) is 0 Å². The van der Waals surface area contributed by atoms with Crippen LogP contribution in [0, 0.1) is 0 Å². The molecule has 1 aromatic rings. The number of carbonyl (C=O) groups excluding carboxylic acids is 1. The first kappa shape index (κ1) is 15.3. The predicted molar refractivity (Wildman–Crippen MR) is 85.4 cm³/mol. The molecule has 120 valence electrons. The summed E-state index contributed by atoms with van der Waals surface area (Å²) >= 11 is 0. The number of ether oxygens (including phenoxy) is 2. The molecule has 0 aliphatic carbocycles. The molecule has 0 atom stereocenters. The first-order valence-corrected chi connectivity index (χ1v) is 7.84. The van der Waals surface area contributed by atoms with Gasteiger partial charge in [0.25, 0.3) is 0 Å². The van der Waals surface area contributed by atoms with E-state index in [2.05, 4.69) is 27.2 Å². The number of nitrogens with zero attached hydrogens (tertiary/aromatic N) is 2. The lowest BCUT2D eigenvalue weighted by molar-refractivity contribution is -0.118. The van der Waals surface area contributed by atoms with Crippen molar-refractivity contribution in [3.05, 3.63) is 24.3 Å². The summed E-state index contributed by atoms with van der Waals surface area (Å²) in [5.41, 5.74) is 2.02. The van der Waals surface area contributed by atoms with Crippen molar-refractivity contribution < 1.29 is 14.3 Å². The summed E-state index contributed by atoms with van der Waals surface area (Å²) in [7, 11) is 0. The van der Waals surface area contributed by atoms with Crippen molar-refractivity contribution in [3.8, 4) is 0 Å². The average Bonchev–Trinajstić information content (AvgIpc) is 2.57. The number of hydrogen-bond acceptors (Lipinski definition) is 5. The van der Waals surface area contributed by atoms with E-state index in [0.29, 0.717) is 19.8 Å². The normalized spacial score (nSPS) is 19.9. The van der Waals surface area contributed by atoms with E-state index in [1.54, 1.807) is 0 Å². The number of benzene rings is 1. The van der Waals surface area contributed by atoms with Crippen molar-refractivity contribution in [2.75, 3.05) is 69.4 Å². The molecule has 0 spiro atoms. The number of hydrogen-bond donors (Lipinski definition) is 1. The number of nitrogens with one attached hydrogen (secondary N) is 1. The molecule has 0 bridgehead atoms. The van der Waals surface area contributed by atoms with Crippen molar-refractivity contribution in [2.45, 2.75) is 0 Å². The van der Waals surface area contributed by atoms with Crippen LogP contribution in [0.2, 0.25) is 0 Å². The lowest BCUT2D eigenvalue weighted by atomic mass is 10.2. The zero-order valence-electron chi connectivity index (χ0n) is 12.8. The van der Waals surface area contributed by atoms with Crippen LogP contribution < -0.4 is 10.2 Å². The summed E-state index contributed by atoms with van der Waals surface area (Å²) in [6.07, 6.45) is 0. The Kier molecular flexibility index (Phi) is 5.26. The summed E-state index contributed by atoms with van der Waals surface area (Å²) < 4.78 is 10.6. The smallest absolute Gasteiger partial charge is 0.238 e. The molecule has 22 heavy (non-hydrogen) atoms. The lowest BCUT2D eigenvalue weighted by Gasteiger charge is -2.29. The Morgan fingerprint density at radius 1 is 0.955 bits per heavy atom. The van der Waals surface area contributed by atoms with Crippen LogP contribution >= 0.6 is 0 Å².